The molecule has 116 valence electrons. The van der Waals surface area contributed by atoms with Gasteiger partial charge in [-0.1, -0.05) is 35.5 Å². The van der Waals surface area contributed by atoms with Crippen LogP contribution in [0.25, 0.3) is 0 Å². The van der Waals surface area contributed by atoms with E-state index in [4.69, 9.17) is 11.6 Å². The fourth-order valence-corrected chi connectivity index (χ4v) is 3.58. The molecule has 2 aromatic carbocycles. The smallest absolute Gasteiger partial charge is 0.258 e. The molecule has 0 saturated heterocycles. The number of nitrogens with one attached hydrogen (secondary N) is 1. The summed E-state index contributed by atoms with van der Waals surface area (Å²) in [5, 5.41) is 11.7. The molecule has 22 heavy (non-hydrogen) atoms. The van der Waals surface area contributed by atoms with Gasteiger partial charge in [0.25, 0.3) is 5.69 Å². The number of hydrogen-bond donors (Lipinski definition) is 1. The van der Waals surface area contributed by atoms with E-state index in [9.17, 15) is 18.5 Å². The summed E-state index contributed by atoms with van der Waals surface area (Å²) in [5.74, 6) is 0. The zero-order valence-electron chi connectivity index (χ0n) is 11.3. The Morgan fingerprint density at radius 1 is 1.18 bits per heavy atom. The number of benzene rings is 2. The van der Waals surface area contributed by atoms with E-state index in [0.717, 1.165) is 17.8 Å². The molecule has 0 spiro atoms. The van der Waals surface area contributed by atoms with E-state index in [1.54, 1.807) is 24.3 Å². The Bertz CT molecular complexity index is 825. The lowest BCUT2D eigenvalue weighted by atomic mass is 10.3. The molecule has 0 atom stereocenters. The van der Waals surface area contributed by atoms with E-state index < -0.39 is 14.9 Å². The summed E-state index contributed by atoms with van der Waals surface area (Å²) in [5.41, 5.74) is -0.291. The van der Waals surface area contributed by atoms with Gasteiger partial charge in [0.05, 0.1) is 19.7 Å². The van der Waals surface area contributed by atoms with Crippen molar-refractivity contribution >= 4 is 39.1 Å². The van der Waals surface area contributed by atoms with Gasteiger partial charge in [-0.15, -0.1) is 0 Å². The van der Waals surface area contributed by atoms with Crippen LogP contribution < -0.4 is 4.72 Å². The van der Waals surface area contributed by atoms with Crippen molar-refractivity contribution in [3.63, 3.8) is 0 Å². The van der Waals surface area contributed by atoms with Crippen LogP contribution in [-0.4, -0.2) is 20.4 Å². The minimum absolute atomic E-state index is 0.162. The Morgan fingerprint density at radius 2 is 1.86 bits per heavy atom. The van der Waals surface area contributed by atoms with Crippen molar-refractivity contribution in [1.29, 1.82) is 0 Å². The van der Waals surface area contributed by atoms with Crippen LogP contribution in [0.2, 0.25) is 5.02 Å². The highest BCUT2D eigenvalue weighted by Crippen LogP contribution is 2.38. The summed E-state index contributed by atoms with van der Waals surface area (Å²) in [6.45, 7) is 0. The molecule has 0 aliphatic rings. The predicted octanol–water partition coefficient (Wildman–Crippen LogP) is 3.31. The predicted molar refractivity (Wildman–Crippen MR) is 84.9 cm³/mol. The monoisotopic (exact) mass is 358 g/mol. The van der Waals surface area contributed by atoms with Gasteiger partial charge in [-0.3, -0.25) is 10.1 Å². The Balaban J connectivity index is 2.49. The number of rotatable bonds is 5. The highest BCUT2D eigenvalue weighted by atomic mass is 35.5. The van der Waals surface area contributed by atoms with Gasteiger partial charge < -0.3 is 0 Å². The van der Waals surface area contributed by atoms with Gasteiger partial charge in [-0.2, -0.15) is 0 Å². The Hall–Kier alpha value is -1.61. The molecule has 0 aromatic heterocycles. The van der Waals surface area contributed by atoms with E-state index in [2.05, 4.69) is 4.72 Å². The fourth-order valence-electron chi connectivity index (χ4n) is 1.66. The molecular formula is C13H11ClN2O4S2. The van der Waals surface area contributed by atoms with Gasteiger partial charge in [-0.05, 0) is 31.3 Å². The number of nitrogens with zero attached hydrogens (tertiary/aromatic N) is 1. The maximum absolute atomic E-state index is 11.7. The van der Waals surface area contributed by atoms with Crippen molar-refractivity contribution in [2.45, 2.75) is 14.7 Å². The molecule has 6 nitrogen and oxygen atoms in total. The van der Waals surface area contributed by atoms with Gasteiger partial charge >= 0.3 is 0 Å². The molecule has 2 rings (SSSR count). The topological polar surface area (TPSA) is 89.3 Å². The number of nitro benzene ring substituents is 1. The molecule has 9 heteroatoms. The third kappa shape index (κ3) is 3.58. The van der Waals surface area contributed by atoms with Crippen molar-refractivity contribution < 1.29 is 13.3 Å². The molecule has 0 heterocycles. The number of hydrogen-bond acceptors (Lipinski definition) is 5. The molecule has 0 amide bonds. The van der Waals surface area contributed by atoms with Gasteiger partial charge in [0.15, 0.2) is 0 Å². The molecule has 0 bridgehead atoms. The first-order valence-electron chi connectivity index (χ1n) is 5.99. The first-order valence-corrected chi connectivity index (χ1v) is 8.67. The summed E-state index contributed by atoms with van der Waals surface area (Å²) in [4.78, 5) is 11.4. The average Bonchev–Trinajstić information content (AvgIpc) is 2.49. The van der Waals surface area contributed by atoms with Gasteiger partial charge in [0, 0.05) is 11.0 Å². The minimum atomic E-state index is -3.74. The molecule has 2 aromatic rings. The highest BCUT2D eigenvalue weighted by Gasteiger charge is 2.21. The molecule has 0 aliphatic heterocycles. The fraction of sp³-hybridized carbons (Fsp3) is 0.0769. The summed E-state index contributed by atoms with van der Waals surface area (Å²) < 4.78 is 25.6. The molecular weight excluding hydrogens is 348 g/mol. The molecule has 0 fully saturated rings. The maximum atomic E-state index is 11.7. The third-order valence-corrected chi connectivity index (χ3v) is 5.76. The van der Waals surface area contributed by atoms with Crippen molar-refractivity contribution in [1.82, 2.24) is 4.72 Å². The Morgan fingerprint density at radius 3 is 2.45 bits per heavy atom. The lowest BCUT2D eigenvalue weighted by molar-refractivity contribution is -0.388. The van der Waals surface area contributed by atoms with E-state index in [1.807, 2.05) is 0 Å². The summed E-state index contributed by atoms with van der Waals surface area (Å²) in [6.07, 6.45) is 0. The first kappa shape index (κ1) is 16.8. The Labute approximate surface area is 136 Å². The van der Waals surface area contributed by atoms with Crippen LogP contribution in [0.5, 0.6) is 0 Å². The Kier molecular flexibility index (Phi) is 5.07. The first-order chi connectivity index (χ1) is 10.3. The molecule has 0 unspecified atom stereocenters. The van der Waals surface area contributed by atoms with E-state index in [1.165, 1.54) is 19.2 Å². The maximum Gasteiger partial charge on any atom is 0.284 e. The van der Waals surface area contributed by atoms with Crippen molar-refractivity contribution in [2.75, 3.05) is 7.05 Å². The average molecular weight is 359 g/mol. The third-order valence-electron chi connectivity index (χ3n) is 2.76. The SMILES string of the molecule is CNS(=O)(=O)c1ccc(Sc2ccccc2Cl)c([N+](=O)[O-])c1. The number of sulfonamides is 1. The second kappa shape index (κ2) is 6.66. The summed E-state index contributed by atoms with van der Waals surface area (Å²) >= 11 is 7.14. The second-order valence-electron chi connectivity index (χ2n) is 4.13. The standard InChI is InChI=1S/C13H11ClN2O4S2/c1-15-22(19,20)9-6-7-13(11(8-9)16(17)18)21-12-5-3-2-4-10(12)14/h2-8,15H,1H3. The van der Waals surface area contributed by atoms with E-state index in [-0.39, 0.29) is 10.6 Å². The lowest BCUT2D eigenvalue weighted by Crippen LogP contribution is -2.18. The zero-order valence-corrected chi connectivity index (χ0v) is 13.7. The van der Waals surface area contributed by atoms with Crippen LogP contribution in [0.3, 0.4) is 0 Å². The van der Waals surface area contributed by atoms with Crippen LogP contribution in [0.4, 0.5) is 5.69 Å². The van der Waals surface area contributed by atoms with Crippen LogP contribution in [0, 0.1) is 10.1 Å². The molecule has 0 aliphatic carbocycles. The van der Waals surface area contributed by atoms with Crippen LogP contribution in [-0.2, 0) is 10.0 Å². The largest absolute Gasteiger partial charge is 0.284 e. The second-order valence-corrected chi connectivity index (χ2v) is 7.50. The van der Waals surface area contributed by atoms with E-state index in [0.29, 0.717) is 14.8 Å². The number of nitro groups is 1. The van der Waals surface area contributed by atoms with Crippen LogP contribution >= 0.6 is 23.4 Å². The minimum Gasteiger partial charge on any atom is -0.258 e. The summed E-state index contributed by atoms with van der Waals surface area (Å²) in [6, 6.07) is 10.7. The quantitative estimate of drug-likeness (QED) is 0.654. The van der Waals surface area contributed by atoms with Gasteiger partial charge in [0.1, 0.15) is 0 Å². The van der Waals surface area contributed by atoms with Crippen molar-refractivity contribution in [3.05, 3.63) is 57.6 Å². The summed E-state index contributed by atoms with van der Waals surface area (Å²) in [7, 11) is -2.50. The molecule has 0 radical (unpaired) electrons. The van der Waals surface area contributed by atoms with Crippen LogP contribution in [0.1, 0.15) is 0 Å². The molecule has 0 saturated carbocycles. The van der Waals surface area contributed by atoms with Crippen LogP contribution in [0.15, 0.2) is 57.2 Å². The lowest BCUT2D eigenvalue weighted by Gasteiger charge is -2.07. The van der Waals surface area contributed by atoms with Gasteiger partial charge in [0.2, 0.25) is 10.0 Å². The number of halogens is 1. The van der Waals surface area contributed by atoms with Gasteiger partial charge in [-0.25, -0.2) is 13.1 Å². The zero-order chi connectivity index (χ0) is 16.3. The van der Waals surface area contributed by atoms with Crippen molar-refractivity contribution in [3.8, 4) is 0 Å². The normalized spacial score (nSPS) is 11.4. The molecule has 1 N–H and O–H groups in total. The van der Waals surface area contributed by atoms with E-state index >= 15 is 0 Å². The van der Waals surface area contributed by atoms with Crippen molar-refractivity contribution in [2.24, 2.45) is 0 Å². The highest BCUT2D eigenvalue weighted by molar-refractivity contribution is 7.99.